The second-order valence-corrected chi connectivity index (χ2v) is 11.4. The number of benzene rings is 4. The van der Waals surface area contributed by atoms with Gasteiger partial charge in [-0.2, -0.15) is 20.8 Å². The van der Waals surface area contributed by atoms with E-state index in [0.717, 1.165) is 48.5 Å². The van der Waals surface area contributed by atoms with E-state index in [1.54, 1.807) is 0 Å². The van der Waals surface area contributed by atoms with Gasteiger partial charge in [0.05, 0.1) is 0 Å². The van der Waals surface area contributed by atoms with Gasteiger partial charge >= 0.3 is 0 Å². The van der Waals surface area contributed by atoms with Crippen molar-refractivity contribution in [1.82, 2.24) is 39.6 Å². The third-order valence-corrected chi connectivity index (χ3v) is 7.58. The number of rotatable bonds is 0. The average Bonchev–Trinajstić information content (AvgIpc) is 3.76. The van der Waals surface area contributed by atoms with Crippen LogP contribution in [0.1, 0.15) is 20.8 Å². The molecule has 0 saturated carbocycles. The monoisotopic (exact) mass is 651 g/mol. The third-order valence-electron chi connectivity index (χ3n) is 7.58. The van der Waals surface area contributed by atoms with Crippen LogP contribution in [-0.4, -0.2) is 44.8 Å². The summed E-state index contributed by atoms with van der Waals surface area (Å²) in [5, 5.41) is 14.8. The van der Waals surface area contributed by atoms with Crippen LogP contribution < -0.4 is 0 Å². The van der Waals surface area contributed by atoms with Crippen molar-refractivity contribution in [3.05, 3.63) is 103 Å². The second kappa shape index (κ2) is 11.5. The molecule has 5 heterocycles. The smallest absolute Gasteiger partial charge is 0.180 e. The van der Waals surface area contributed by atoms with Crippen LogP contribution >= 0.6 is 0 Å². The topological polar surface area (TPSA) is 118 Å². The summed E-state index contributed by atoms with van der Waals surface area (Å²) in [7, 11) is 0. The molecule has 0 aliphatic carbocycles. The maximum absolute atomic E-state index is 11.5. The Morgan fingerprint density at radius 3 is 1.15 bits per heavy atom. The van der Waals surface area contributed by atoms with Crippen molar-refractivity contribution in [2.24, 2.45) is 0 Å². The minimum atomic E-state index is 0. The fraction of sp³-hybridized carbons (Fsp3) is 0.0833. The van der Waals surface area contributed by atoms with Crippen molar-refractivity contribution in [3.63, 3.8) is 0 Å². The molecule has 0 unspecified atom stereocenters. The van der Waals surface area contributed by atoms with Crippen LogP contribution in [0, 0.1) is 5.92 Å². The van der Waals surface area contributed by atoms with Crippen molar-refractivity contribution < 1.29 is 24.7 Å². The van der Waals surface area contributed by atoms with Gasteiger partial charge in [-0.1, -0.05) is 97.1 Å². The molecule has 0 amide bonds. The molecule has 2 aliphatic heterocycles. The molecule has 8 bridgehead atoms. The van der Waals surface area contributed by atoms with E-state index < -0.39 is 0 Å². The number of hydrogen-bond donors (Lipinski definition) is 2. The first-order valence-electron chi connectivity index (χ1n) is 14.6. The van der Waals surface area contributed by atoms with Gasteiger partial charge in [-0.05, 0) is 0 Å². The number of aromatic nitrogens is 8. The minimum absolute atomic E-state index is 0. The zero-order valence-corrected chi connectivity index (χ0v) is 28.5. The summed E-state index contributed by atoms with van der Waals surface area (Å²) < 4.78 is 1.02. The normalized spacial score (nSPS) is 11.5. The first kappa shape index (κ1) is 29.4. The Balaban J connectivity index is 0.000000642. The Morgan fingerprint density at radius 2 is 0.783 bits per heavy atom. The molecule has 10 heteroatoms. The molecule has 9 rings (SSSR count). The Labute approximate surface area is 276 Å². The summed E-state index contributed by atoms with van der Waals surface area (Å²) in [6.45, 7) is 6.25. The minimum Gasteiger partial charge on any atom is -0.425 e. The number of nitrogens with one attached hydrogen (secondary N) is 1. The van der Waals surface area contributed by atoms with E-state index in [0.29, 0.717) is 45.9 Å². The van der Waals surface area contributed by atoms with Crippen LogP contribution in [0.2, 0.25) is 0 Å². The van der Waals surface area contributed by atoms with Gasteiger partial charge in [-0.15, -0.1) is 4.73 Å². The van der Waals surface area contributed by atoms with E-state index >= 15 is 0 Å². The molecule has 0 saturated heterocycles. The Kier molecular flexibility index (Phi) is 7.37. The average molecular weight is 653 g/mol. The van der Waals surface area contributed by atoms with Crippen LogP contribution in [0.4, 0.5) is 0 Å². The van der Waals surface area contributed by atoms with Gasteiger partial charge < -0.3 is 16.1 Å². The molecule has 3 aromatic heterocycles. The van der Waals surface area contributed by atoms with Crippen molar-refractivity contribution in [2.75, 3.05) is 0 Å². The van der Waals surface area contributed by atoms with E-state index in [-0.39, 0.29) is 19.5 Å². The predicted octanol–water partition coefficient (Wildman–Crippen LogP) is 8.20. The maximum atomic E-state index is 11.5. The van der Waals surface area contributed by atoms with E-state index in [1.807, 2.05) is 97.1 Å². The molecule has 2 N–H and O–H groups in total. The van der Waals surface area contributed by atoms with Crippen LogP contribution in [0.3, 0.4) is 0 Å². The number of H-pyrrole nitrogens is 1. The molecule has 0 radical (unpaired) electrons. The summed E-state index contributed by atoms with van der Waals surface area (Å²) >= 11 is 0. The SMILES string of the molecule is C[C-](C)C.On1c2nc3nc(nc4[nH]c(nc5nc(nc1c1ccccc12)-c1ccccc1-5)c1ccccc41)-c1ccccc1-3.[Zn]. The van der Waals surface area contributed by atoms with Gasteiger partial charge in [0.25, 0.3) is 0 Å². The molecule has 7 aromatic rings. The Morgan fingerprint density at radius 1 is 0.478 bits per heavy atom. The molecular formula is C36H27N8OZn-. The standard InChI is InChI=1S/C32H18N8O.C4H9.Zn/c41-40-31-23-15-7-8-16-24(23)32(40)39-30-22-14-6-4-12-20(22)28(37-30)35-26-18-10-2-1-9-17(18)25(33-26)34-27-19-11-3-5-13-21(19)29(36-27)38-31;1-4(2)3;/h1-16,41H,(H,33,34,35,36,37,38,39);1-3H3;/q;-1;. The van der Waals surface area contributed by atoms with Crippen molar-refractivity contribution in [1.29, 1.82) is 0 Å². The van der Waals surface area contributed by atoms with Gasteiger partial charge in [-0.25, -0.2) is 29.9 Å². The summed E-state index contributed by atoms with van der Waals surface area (Å²) in [6.07, 6.45) is 0. The number of fused-ring (bicyclic) bond motifs is 20. The molecule has 220 valence electrons. The van der Waals surface area contributed by atoms with E-state index in [4.69, 9.17) is 29.9 Å². The first-order chi connectivity index (χ1) is 22.0. The third kappa shape index (κ3) is 4.82. The zero-order valence-electron chi connectivity index (χ0n) is 25.5. The molecule has 2 aliphatic rings. The molecule has 0 fully saturated rings. The molecule has 0 atom stereocenters. The second-order valence-electron chi connectivity index (χ2n) is 11.4. The molecule has 46 heavy (non-hydrogen) atoms. The van der Waals surface area contributed by atoms with Crippen LogP contribution in [0.5, 0.6) is 0 Å². The molecule has 9 nitrogen and oxygen atoms in total. The van der Waals surface area contributed by atoms with Crippen molar-refractivity contribution >= 4 is 44.1 Å². The summed E-state index contributed by atoms with van der Waals surface area (Å²) in [5.74, 6) is 3.37. The van der Waals surface area contributed by atoms with Crippen LogP contribution in [-0.2, 0) is 19.5 Å². The maximum Gasteiger partial charge on any atom is 0.180 e. The fourth-order valence-electron chi connectivity index (χ4n) is 5.68. The van der Waals surface area contributed by atoms with Crippen molar-refractivity contribution in [2.45, 2.75) is 20.8 Å². The molecule has 0 spiro atoms. The van der Waals surface area contributed by atoms with Gasteiger partial charge in [0.15, 0.2) is 34.6 Å². The Bertz CT molecular complexity index is 2300. The number of aromatic amines is 1. The predicted molar refractivity (Wildman–Crippen MR) is 177 cm³/mol. The van der Waals surface area contributed by atoms with E-state index in [1.165, 1.54) is 5.92 Å². The fourth-order valence-corrected chi connectivity index (χ4v) is 5.68. The largest absolute Gasteiger partial charge is 0.425 e. The molecule has 4 aromatic carbocycles. The van der Waals surface area contributed by atoms with Crippen LogP contribution in [0.15, 0.2) is 97.1 Å². The van der Waals surface area contributed by atoms with Gasteiger partial charge in [0.1, 0.15) is 11.3 Å². The Hall–Kier alpha value is -5.34. The molecular weight excluding hydrogens is 626 g/mol. The van der Waals surface area contributed by atoms with Crippen molar-refractivity contribution in [3.8, 4) is 45.6 Å². The summed E-state index contributed by atoms with van der Waals surface area (Å²) in [4.78, 5) is 32.8. The summed E-state index contributed by atoms with van der Waals surface area (Å²) in [6, 6.07) is 31.3. The quantitative estimate of drug-likeness (QED) is 0.0963. The van der Waals surface area contributed by atoms with Gasteiger partial charge in [0.2, 0.25) is 0 Å². The van der Waals surface area contributed by atoms with E-state index in [2.05, 4.69) is 25.8 Å². The van der Waals surface area contributed by atoms with E-state index in [9.17, 15) is 5.21 Å². The number of nitrogens with zero attached hydrogens (tertiary/aromatic N) is 7. The van der Waals surface area contributed by atoms with Crippen LogP contribution in [0.25, 0.3) is 89.7 Å². The van der Waals surface area contributed by atoms with Gasteiger partial charge in [0, 0.05) is 63.3 Å². The zero-order chi connectivity index (χ0) is 30.7. The number of hydrogen-bond acceptors (Lipinski definition) is 7. The van der Waals surface area contributed by atoms with Gasteiger partial charge in [-0.3, -0.25) is 0 Å². The summed E-state index contributed by atoms with van der Waals surface area (Å²) in [5.41, 5.74) is 5.29. The first-order valence-corrected chi connectivity index (χ1v) is 14.6.